The highest BCUT2D eigenvalue weighted by molar-refractivity contribution is 9.10. The molecule has 2 fully saturated rings. The summed E-state index contributed by atoms with van der Waals surface area (Å²) in [7, 11) is -4.63. The van der Waals surface area contributed by atoms with Crippen LogP contribution in [0.2, 0.25) is 0 Å². The number of nitrogens with one attached hydrogen (secondary N) is 2. The lowest BCUT2D eigenvalue weighted by atomic mass is 9.94. The number of carbonyl (C=O) groups excluding carboxylic acids is 2. The van der Waals surface area contributed by atoms with Gasteiger partial charge in [-0.1, -0.05) is 52.3 Å². The van der Waals surface area contributed by atoms with Crippen LogP contribution in [0.3, 0.4) is 0 Å². The number of amides is 2. The zero-order valence-corrected chi connectivity index (χ0v) is 27.9. The molecule has 0 saturated carbocycles. The quantitative estimate of drug-likeness (QED) is 0.268. The number of ether oxygens (including phenoxy) is 1. The molecule has 8 nitrogen and oxygen atoms in total. The highest BCUT2D eigenvalue weighted by Crippen LogP contribution is 2.40. The predicted molar refractivity (Wildman–Crippen MR) is 170 cm³/mol. The van der Waals surface area contributed by atoms with Gasteiger partial charge in [-0.3, -0.25) is 4.79 Å². The van der Waals surface area contributed by atoms with Gasteiger partial charge in [0.05, 0.1) is 4.90 Å². The van der Waals surface area contributed by atoms with Crippen LogP contribution in [0.15, 0.2) is 82.2 Å². The standard InChI is InChI=1S/C33H35BrF3N3O5S/c1-32(2,3)45-31(42)38-25-18-26-14-15-27(19-25)40(26)30(41)29(33(36,37)22-8-10-23(34)11-9-22)39-46(43,44)28-16-6-21(7-17-28)20-4-12-24(35)13-5-20/h4-13,16-17,25-27,29,39H,14-15,18-19H2,1-3H3,(H,38,42). The Morgan fingerprint density at radius 3 is 1.93 bits per heavy atom. The third-order valence-corrected chi connectivity index (χ3v) is 10.1. The number of fused-ring (bicyclic) bond motifs is 2. The summed E-state index contributed by atoms with van der Waals surface area (Å²) in [6.45, 7) is 5.22. The summed E-state index contributed by atoms with van der Waals surface area (Å²) in [4.78, 5) is 27.6. The number of carbonyl (C=O) groups is 2. The number of alkyl carbamates (subject to hydrolysis) is 1. The van der Waals surface area contributed by atoms with Gasteiger partial charge in [0, 0.05) is 28.2 Å². The average Bonchev–Trinajstić information content (AvgIpc) is 3.25. The molecule has 2 aliphatic heterocycles. The number of rotatable bonds is 8. The Kier molecular flexibility index (Phi) is 9.59. The van der Waals surface area contributed by atoms with Gasteiger partial charge in [0.1, 0.15) is 11.4 Å². The zero-order chi connectivity index (χ0) is 33.4. The van der Waals surface area contributed by atoms with Crippen LogP contribution >= 0.6 is 15.9 Å². The van der Waals surface area contributed by atoms with E-state index in [0.29, 0.717) is 41.3 Å². The SMILES string of the molecule is CC(C)(C)OC(=O)NC1CC2CCC(C1)N2C(=O)C(NS(=O)(=O)c1ccc(-c2ccc(F)cc2)cc1)C(F)(F)c1ccc(Br)cc1. The lowest BCUT2D eigenvalue weighted by Gasteiger charge is -2.42. The van der Waals surface area contributed by atoms with Gasteiger partial charge in [0.25, 0.3) is 5.92 Å². The molecule has 246 valence electrons. The normalized spacial score (nSPS) is 20.7. The molecule has 2 aliphatic rings. The molecule has 46 heavy (non-hydrogen) atoms. The fourth-order valence-corrected chi connectivity index (χ4v) is 7.54. The van der Waals surface area contributed by atoms with Crippen molar-refractivity contribution in [1.29, 1.82) is 0 Å². The summed E-state index contributed by atoms with van der Waals surface area (Å²) >= 11 is 3.22. The van der Waals surface area contributed by atoms with Crippen molar-refractivity contribution in [2.45, 2.75) is 87.0 Å². The summed E-state index contributed by atoms with van der Waals surface area (Å²) in [5.41, 5.74) is -0.0131. The van der Waals surface area contributed by atoms with Crippen LogP contribution in [-0.2, 0) is 25.5 Å². The van der Waals surface area contributed by atoms with Crippen molar-refractivity contribution in [1.82, 2.24) is 14.9 Å². The second-order valence-corrected chi connectivity index (χ2v) is 15.3. The largest absolute Gasteiger partial charge is 0.444 e. The molecule has 2 amide bonds. The molecule has 0 aromatic heterocycles. The van der Waals surface area contributed by atoms with Crippen molar-refractivity contribution in [3.63, 3.8) is 0 Å². The predicted octanol–water partition coefficient (Wildman–Crippen LogP) is 6.74. The molecule has 3 aromatic rings. The number of halogens is 4. The van der Waals surface area contributed by atoms with Crippen LogP contribution < -0.4 is 10.0 Å². The number of hydrogen-bond acceptors (Lipinski definition) is 5. The van der Waals surface area contributed by atoms with E-state index >= 15 is 8.78 Å². The first-order chi connectivity index (χ1) is 21.5. The Morgan fingerprint density at radius 2 is 1.41 bits per heavy atom. The van der Waals surface area contributed by atoms with Crippen molar-refractivity contribution >= 4 is 38.0 Å². The molecule has 3 aromatic carbocycles. The van der Waals surface area contributed by atoms with E-state index in [1.807, 2.05) is 4.72 Å². The minimum absolute atomic E-state index is 0.314. The lowest BCUT2D eigenvalue weighted by molar-refractivity contribution is -0.149. The Balaban J connectivity index is 1.41. The van der Waals surface area contributed by atoms with Crippen molar-refractivity contribution in [3.8, 4) is 11.1 Å². The third-order valence-electron chi connectivity index (χ3n) is 8.16. The molecule has 2 heterocycles. The topological polar surface area (TPSA) is 105 Å². The number of nitrogens with zero attached hydrogens (tertiary/aromatic N) is 1. The minimum Gasteiger partial charge on any atom is -0.444 e. The number of hydrogen-bond donors (Lipinski definition) is 2. The summed E-state index contributed by atoms with van der Waals surface area (Å²) in [5.74, 6) is -5.39. The highest BCUT2D eigenvalue weighted by Gasteiger charge is 2.54. The van der Waals surface area contributed by atoms with Crippen LogP contribution in [0.1, 0.15) is 52.0 Å². The van der Waals surface area contributed by atoms with E-state index in [4.69, 9.17) is 4.74 Å². The van der Waals surface area contributed by atoms with Gasteiger partial charge in [-0.15, -0.1) is 0 Å². The fourth-order valence-electron chi connectivity index (χ4n) is 6.09. The number of piperidine rings is 1. The molecule has 3 atom stereocenters. The first-order valence-electron chi connectivity index (χ1n) is 14.9. The number of benzene rings is 3. The smallest absolute Gasteiger partial charge is 0.407 e. The molecule has 0 aliphatic carbocycles. The zero-order valence-electron chi connectivity index (χ0n) is 25.5. The molecule has 2 N–H and O–H groups in total. The molecular weight excluding hydrogens is 687 g/mol. The van der Waals surface area contributed by atoms with E-state index in [-0.39, 0.29) is 10.9 Å². The summed E-state index contributed by atoms with van der Waals surface area (Å²) in [6.07, 6.45) is 1.08. The maximum Gasteiger partial charge on any atom is 0.407 e. The average molecular weight is 723 g/mol. The second kappa shape index (κ2) is 13.0. The highest BCUT2D eigenvalue weighted by atomic mass is 79.9. The molecule has 2 bridgehead atoms. The van der Waals surface area contributed by atoms with Crippen LogP contribution in [0, 0.1) is 5.82 Å². The van der Waals surface area contributed by atoms with Gasteiger partial charge in [-0.05, 0) is 94.0 Å². The number of alkyl halides is 2. The lowest BCUT2D eigenvalue weighted by Crippen LogP contribution is -2.61. The summed E-state index contributed by atoms with van der Waals surface area (Å²) < 4.78 is 81.1. The molecule has 0 radical (unpaired) electrons. The van der Waals surface area contributed by atoms with E-state index in [9.17, 15) is 22.4 Å². The Hall–Kier alpha value is -3.42. The van der Waals surface area contributed by atoms with Gasteiger partial charge in [-0.25, -0.2) is 17.6 Å². The van der Waals surface area contributed by atoms with Gasteiger partial charge in [-0.2, -0.15) is 13.5 Å². The van der Waals surface area contributed by atoms with E-state index < -0.39 is 63.1 Å². The second-order valence-electron chi connectivity index (χ2n) is 12.7. The third kappa shape index (κ3) is 7.58. The van der Waals surface area contributed by atoms with Gasteiger partial charge in [0.2, 0.25) is 15.9 Å². The van der Waals surface area contributed by atoms with Crippen molar-refractivity contribution in [2.75, 3.05) is 0 Å². The molecule has 3 unspecified atom stereocenters. The maximum absolute atomic E-state index is 16.3. The van der Waals surface area contributed by atoms with Gasteiger partial charge >= 0.3 is 6.09 Å². The molecule has 13 heteroatoms. The van der Waals surface area contributed by atoms with Crippen molar-refractivity contribution in [3.05, 3.63) is 88.6 Å². The van der Waals surface area contributed by atoms with Gasteiger partial charge in [0.15, 0.2) is 6.04 Å². The van der Waals surface area contributed by atoms with E-state index in [1.54, 1.807) is 20.8 Å². The molecule has 5 rings (SSSR count). The van der Waals surface area contributed by atoms with E-state index in [0.717, 1.165) is 12.1 Å². The minimum atomic E-state index is -4.63. The van der Waals surface area contributed by atoms with Crippen LogP contribution in [0.5, 0.6) is 0 Å². The van der Waals surface area contributed by atoms with Crippen LogP contribution in [0.4, 0.5) is 18.0 Å². The summed E-state index contributed by atoms with van der Waals surface area (Å²) in [5, 5.41) is 2.82. The summed E-state index contributed by atoms with van der Waals surface area (Å²) in [6, 6.07) is 12.4. The molecule has 2 saturated heterocycles. The van der Waals surface area contributed by atoms with Crippen LogP contribution in [-0.4, -0.2) is 55.1 Å². The van der Waals surface area contributed by atoms with Gasteiger partial charge < -0.3 is 15.0 Å². The first-order valence-corrected chi connectivity index (χ1v) is 17.1. The fraction of sp³-hybridized carbons (Fsp3) is 0.394. The van der Waals surface area contributed by atoms with Crippen LogP contribution in [0.25, 0.3) is 11.1 Å². The Bertz CT molecular complexity index is 1670. The molecule has 0 spiro atoms. The number of sulfonamides is 1. The Labute approximate surface area is 274 Å². The van der Waals surface area contributed by atoms with E-state index in [2.05, 4.69) is 21.2 Å². The Morgan fingerprint density at radius 1 is 0.891 bits per heavy atom. The monoisotopic (exact) mass is 721 g/mol. The molecular formula is C33H35BrF3N3O5S. The van der Waals surface area contributed by atoms with E-state index in [1.165, 1.54) is 65.6 Å². The maximum atomic E-state index is 16.3. The van der Waals surface area contributed by atoms with Crippen molar-refractivity contribution in [2.24, 2.45) is 0 Å². The first kappa shape index (κ1) is 33.9. The van der Waals surface area contributed by atoms with Crippen molar-refractivity contribution < 1.29 is 35.9 Å².